The lowest BCUT2D eigenvalue weighted by Crippen LogP contribution is -2.24. The van der Waals surface area contributed by atoms with Gasteiger partial charge in [-0.3, -0.25) is 4.90 Å². The molecule has 29 heavy (non-hydrogen) atoms. The fourth-order valence-electron chi connectivity index (χ4n) is 2.72. The van der Waals surface area contributed by atoms with E-state index in [1.54, 1.807) is 17.3 Å². The summed E-state index contributed by atoms with van der Waals surface area (Å²) in [6.07, 6.45) is -6.13. The summed E-state index contributed by atoms with van der Waals surface area (Å²) in [7, 11) is 1.73. The predicted octanol–water partition coefficient (Wildman–Crippen LogP) is 5.22. The maximum Gasteiger partial charge on any atom is 0.416 e. The fourth-order valence-corrected chi connectivity index (χ4v) is 3.53. The third-order valence-corrected chi connectivity index (χ3v) is 4.95. The first-order valence-electron chi connectivity index (χ1n) is 8.38. The lowest BCUT2D eigenvalue weighted by molar-refractivity contribution is -0.141. The van der Waals surface area contributed by atoms with E-state index in [1.165, 1.54) is 35.9 Å². The molecule has 0 aliphatic rings. The Morgan fingerprint density at radius 3 is 2.34 bits per heavy atom. The molecule has 3 rings (SSSR count). The van der Waals surface area contributed by atoms with Crippen LogP contribution in [0.3, 0.4) is 0 Å². The summed E-state index contributed by atoms with van der Waals surface area (Å²) in [5.41, 5.74) is 0.506. The van der Waals surface area contributed by atoms with Crippen molar-refractivity contribution in [3.05, 3.63) is 59.1 Å². The highest BCUT2D eigenvalue weighted by Gasteiger charge is 2.30. The molecule has 0 radical (unpaired) electrons. The van der Waals surface area contributed by atoms with Crippen LogP contribution < -0.4 is 0 Å². The Labute approximate surface area is 166 Å². The van der Waals surface area contributed by atoms with E-state index in [1.807, 2.05) is 0 Å². The first-order chi connectivity index (χ1) is 13.5. The molecule has 0 aliphatic heterocycles. The third-order valence-electron chi connectivity index (χ3n) is 4.01. The summed E-state index contributed by atoms with van der Waals surface area (Å²) in [5, 5.41) is 2.34. The Hall–Kier alpha value is -2.40. The number of hydrogen-bond donors (Lipinski definition) is 0. The van der Waals surface area contributed by atoms with Crippen molar-refractivity contribution in [1.29, 1.82) is 0 Å². The number of imidazole rings is 1. The molecule has 2 heterocycles. The highest BCUT2D eigenvalue weighted by Crippen LogP contribution is 2.32. The van der Waals surface area contributed by atoms with Gasteiger partial charge in [0.2, 0.25) is 0 Å². The average molecular weight is 434 g/mol. The van der Waals surface area contributed by atoms with Gasteiger partial charge in [0.15, 0.2) is 0 Å². The van der Waals surface area contributed by atoms with Crippen LogP contribution in [-0.2, 0) is 25.8 Å². The van der Waals surface area contributed by atoms with Gasteiger partial charge in [0.25, 0.3) is 0 Å². The van der Waals surface area contributed by atoms with Gasteiger partial charge in [-0.1, -0.05) is 12.1 Å². The molecule has 0 unspecified atom stereocenters. The number of aromatic nitrogens is 3. The quantitative estimate of drug-likeness (QED) is 0.499. The van der Waals surface area contributed by atoms with Crippen LogP contribution in [0.15, 0.2) is 42.0 Å². The molecule has 1 aromatic carbocycles. The lowest BCUT2D eigenvalue weighted by atomic mass is 10.1. The van der Waals surface area contributed by atoms with Crippen LogP contribution in [0.2, 0.25) is 0 Å². The molecule has 4 nitrogen and oxygen atoms in total. The molecule has 0 atom stereocenters. The molecule has 0 saturated carbocycles. The molecule has 0 spiro atoms. The van der Waals surface area contributed by atoms with E-state index < -0.39 is 24.5 Å². The molecule has 2 aromatic heterocycles. The Morgan fingerprint density at radius 1 is 1.03 bits per heavy atom. The number of hydrogen-bond acceptors (Lipinski definition) is 4. The summed E-state index contributed by atoms with van der Waals surface area (Å²) in [6.45, 7) is -0.558. The molecule has 0 bridgehead atoms. The second kappa shape index (κ2) is 8.15. The molecule has 0 aliphatic carbocycles. The molecule has 0 N–H and O–H groups in total. The van der Waals surface area contributed by atoms with Crippen LogP contribution in [0.1, 0.15) is 17.1 Å². The van der Waals surface area contributed by atoms with Crippen LogP contribution in [0.25, 0.3) is 10.6 Å². The lowest BCUT2D eigenvalue weighted by Gasteiger charge is -2.17. The van der Waals surface area contributed by atoms with Gasteiger partial charge in [-0.25, -0.2) is 9.97 Å². The largest absolute Gasteiger partial charge is 0.416 e. The first-order valence-corrected chi connectivity index (χ1v) is 9.26. The molecule has 0 fully saturated rings. The van der Waals surface area contributed by atoms with Gasteiger partial charge in [-0.15, -0.1) is 11.3 Å². The smallest absolute Gasteiger partial charge is 0.325 e. The number of nitrogens with zero attached hydrogens (tertiary/aromatic N) is 4. The maximum absolute atomic E-state index is 12.7. The molecule has 0 amide bonds. The van der Waals surface area contributed by atoms with E-state index in [4.69, 9.17) is 0 Å². The van der Waals surface area contributed by atoms with Gasteiger partial charge in [0.1, 0.15) is 17.4 Å². The van der Waals surface area contributed by atoms with Crippen LogP contribution in [0.5, 0.6) is 0 Å². The summed E-state index contributed by atoms with van der Waals surface area (Å²) < 4.78 is 76.8. The van der Waals surface area contributed by atoms with E-state index in [9.17, 15) is 26.3 Å². The van der Waals surface area contributed by atoms with Gasteiger partial charge in [0.05, 0.1) is 17.8 Å². The minimum absolute atomic E-state index is 0.191. The standard InChI is InChI=1S/C18H16F6N4S/c1-27(9-15-25-6-7-28(15)11-17(19,20)21)8-14-10-29-16(26-14)12-2-4-13(5-3-12)18(22,23)24/h2-7,10H,8-9,11H2,1H3. The van der Waals surface area contributed by atoms with Crippen molar-refractivity contribution in [3.63, 3.8) is 0 Å². The summed E-state index contributed by atoms with van der Waals surface area (Å²) in [4.78, 5) is 10.2. The highest BCUT2D eigenvalue weighted by atomic mass is 32.1. The number of benzene rings is 1. The van der Waals surface area contributed by atoms with Crippen molar-refractivity contribution < 1.29 is 26.3 Å². The van der Waals surface area contributed by atoms with E-state index in [2.05, 4.69) is 9.97 Å². The zero-order valence-corrected chi connectivity index (χ0v) is 15.9. The predicted molar refractivity (Wildman–Crippen MR) is 96.0 cm³/mol. The van der Waals surface area contributed by atoms with Gasteiger partial charge in [-0.2, -0.15) is 26.3 Å². The van der Waals surface area contributed by atoms with Gasteiger partial charge < -0.3 is 4.57 Å². The number of halogens is 6. The monoisotopic (exact) mass is 434 g/mol. The fraction of sp³-hybridized carbons (Fsp3) is 0.333. The second-order valence-corrected chi connectivity index (χ2v) is 7.34. The van der Waals surface area contributed by atoms with Crippen molar-refractivity contribution in [3.8, 4) is 10.6 Å². The normalized spacial score (nSPS) is 12.7. The molecule has 11 heteroatoms. The zero-order valence-electron chi connectivity index (χ0n) is 15.1. The molecular weight excluding hydrogens is 418 g/mol. The Morgan fingerprint density at radius 2 is 1.72 bits per heavy atom. The van der Waals surface area contributed by atoms with Crippen molar-refractivity contribution >= 4 is 11.3 Å². The number of alkyl halides is 6. The minimum atomic E-state index is -4.40. The topological polar surface area (TPSA) is 34.0 Å². The Bertz CT molecular complexity index is 942. The van der Waals surface area contributed by atoms with E-state index in [0.29, 0.717) is 22.8 Å². The highest BCUT2D eigenvalue weighted by molar-refractivity contribution is 7.13. The van der Waals surface area contributed by atoms with E-state index in [-0.39, 0.29) is 12.4 Å². The molecule has 3 aromatic rings. The molecular formula is C18H16F6N4S. The Kier molecular flexibility index (Phi) is 5.99. The number of thiazole rings is 1. The van der Waals surface area contributed by atoms with Crippen molar-refractivity contribution in [1.82, 2.24) is 19.4 Å². The van der Waals surface area contributed by atoms with Crippen LogP contribution in [-0.4, -0.2) is 32.7 Å². The van der Waals surface area contributed by atoms with E-state index >= 15 is 0 Å². The molecule has 0 saturated heterocycles. The SMILES string of the molecule is CN(Cc1csc(-c2ccc(C(F)(F)F)cc2)n1)Cc1nccn1CC(F)(F)F. The van der Waals surface area contributed by atoms with Crippen molar-refractivity contribution in [2.75, 3.05) is 7.05 Å². The molecule has 156 valence electrons. The third kappa shape index (κ3) is 5.80. The second-order valence-electron chi connectivity index (χ2n) is 6.48. The van der Waals surface area contributed by atoms with Crippen molar-refractivity contribution in [2.24, 2.45) is 0 Å². The maximum atomic E-state index is 12.7. The number of rotatable bonds is 6. The Balaban J connectivity index is 1.64. The van der Waals surface area contributed by atoms with Gasteiger partial charge >= 0.3 is 12.4 Å². The van der Waals surface area contributed by atoms with Crippen molar-refractivity contribution in [2.45, 2.75) is 32.0 Å². The van der Waals surface area contributed by atoms with Gasteiger partial charge in [0, 0.05) is 29.9 Å². The first kappa shape index (κ1) is 21.3. The van der Waals surface area contributed by atoms with E-state index in [0.717, 1.165) is 16.7 Å². The minimum Gasteiger partial charge on any atom is -0.325 e. The summed E-state index contributed by atoms with van der Waals surface area (Å²) in [6, 6.07) is 4.73. The van der Waals surface area contributed by atoms with Gasteiger partial charge in [-0.05, 0) is 19.2 Å². The average Bonchev–Trinajstić information content (AvgIpc) is 3.23. The van der Waals surface area contributed by atoms with Crippen LogP contribution in [0, 0.1) is 0 Å². The van der Waals surface area contributed by atoms with Crippen LogP contribution >= 0.6 is 11.3 Å². The summed E-state index contributed by atoms with van der Waals surface area (Å²) in [5.74, 6) is 0.281. The zero-order chi connectivity index (χ0) is 21.2. The van der Waals surface area contributed by atoms with Crippen LogP contribution in [0.4, 0.5) is 26.3 Å². The summed E-state index contributed by atoms with van der Waals surface area (Å²) >= 11 is 1.29.